The zero-order chi connectivity index (χ0) is 15.2. The van der Waals surface area contributed by atoms with Crippen LogP contribution >= 0.6 is 23.6 Å². The topological polar surface area (TPSA) is 50.4 Å². The lowest BCUT2D eigenvalue weighted by Crippen LogP contribution is -2.28. The number of hydrogen-bond acceptors (Lipinski definition) is 4. The molecule has 0 atom stereocenters. The molecule has 1 heterocycles. The SMILES string of the molecule is COC(=O)c1sccc1NC(=S)NCc1ccc(C)cc1. The number of nitrogens with one attached hydrogen (secondary N) is 2. The van der Waals surface area contributed by atoms with Crippen molar-refractivity contribution in [3.8, 4) is 0 Å². The molecule has 1 aromatic heterocycles. The van der Waals surface area contributed by atoms with Crippen molar-refractivity contribution in [1.82, 2.24) is 5.32 Å². The van der Waals surface area contributed by atoms with E-state index in [1.54, 1.807) is 6.07 Å². The van der Waals surface area contributed by atoms with Gasteiger partial charge in [0.25, 0.3) is 0 Å². The summed E-state index contributed by atoms with van der Waals surface area (Å²) in [6.07, 6.45) is 0. The van der Waals surface area contributed by atoms with E-state index in [1.807, 2.05) is 12.3 Å². The molecular formula is C15H16N2O2S2. The van der Waals surface area contributed by atoms with Gasteiger partial charge in [0.05, 0.1) is 12.8 Å². The van der Waals surface area contributed by atoms with E-state index in [1.165, 1.54) is 24.0 Å². The molecule has 4 nitrogen and oxygen atoms in total. The Kier molecular flexibility index (Phi) is 5.30. The number of thiocarbonyl (C=S) groups is 1. The van der Waals surface area contributed by atoms with Crippen molar-refractivity contribution >= 4 is 40.3 Å². The fourth-order valence-corrected chi connectivity index (χ4v) is 2.66. The molecule has 0 aliphatic rings. The number of methoxy groups -OCH3 is 1. The highest BCUT2D eigenvalue weighted by molar-refractivity contribution is 7.80. The highest BCUT2D eigenvalue weighted by atomic mass is 32.1. The van der Waals surface area contributed by atoms with Crippen molar-refractivity contribution in [1.29, 1.82) is 0 Å². The van der Waals surface area contributed by atoms with Crippen molar-refractivity contribution in [3.63, 3.8) is 0 Å². The van der Waals surface area contributed by atoms with Crippen LogP contribution in [0.25, 0.3) is 0 Å². The predicted molar refractivity (Wildman–Crippen MR) is 89.9 cm³/mol. The molecule has 0 bridgehead atoms. The second-order valence-electron chi connectivity index (χ2n) is 4.45. The maximum absolute atomic E-state index is 11.6. The van der Waals surface area contributed by atoms with Crippen molar-refractivity contribution in [2.75, 3.05) is 12.4 Å². The molecule has 110 valence electrons. The number of thiophene rings is 1. The minimum atomic E-state index is -0.367. The van der Waals surface area contributed by atoms with Gasteiger partial charge >= 0.3 is 5.97 Å². The number of rotatable bonds is 4. The summed E-state index contributed by atoms with van der Waals surface area (Å²) in [7, 11) is 1.36. The third-order valence-electron chi connectivity index (χ3n) is 2.86. The number of hydrogen-bond donors (Lipinski definition) is 2. The Morgan fingerprint density at radius 1 is 1.29 bits per heavy atom. The summed E-state index contributed by atoms with van der Waals surface area (Å²) in [5.41, 5.74) is 3.02. The minimum absolute atomic E-state index is 0.367. The number of anilines is 1. The molecule has 1 aromatic carbocycles. The van der Waals surface area contributed by atoms with Gasteiger partial charge in [-0.1, -0.05) is 29.8 Å². The van der Waals surface area contributed by atoms with Gasteiger partial charge in [-0.05, 0) is 36.2 Å². The van der Waals surface area contributed by atoms with Crippen LogP contribution in [0.5, 0.6) is 0 Å². The number of esters is 1. The number of benzene rings is 1. The average molecular weight is 320 g/mol. The van der Waals surface area contributed by atoms with Crippen molar-refractivity contribution in [3.05, 3.63) is 51.7 Å². The van der Waals surface area contributed by atoms with Crippen LogP contribution in [0, 0.1) is 6.92 Å². The van der Waals surface area contributed by atoms with Crippen LogP contribution < -0.4 is 10.6 Å². The van der Waals surface area contributed by atoms with Crippen LogP contribution in [0.1, 0.15) is 20.8 Å². The average Bonchev–Trinajstić information content (AvgIpc) is 2.94. The quantitative estimate of drug-likeness (QED) is 0.668. The van der Waals surface area contributed by atoms with E-state index in [-0.39, 0.29) is 5.97 Å². The highest BCUT2D eigenvalue weighted by Crippen LogP contribution is 2.22. The zero-order valence-electron chi connectivity index (χ0n) is 11.8. The highest BCUT2D eigenvalue weighted by Gasteiger charge is 2.14. The third kappa shape index (κ3) is 4.27. The van der Waals surface area contributed by atoms with E-state index in [0.717, 1.165) is 5.56 Å². The molecule has 0 saturated carbocycles. The number of carbonyl (C=O) groups is 1. The normalized spacial score (nSPS) is 10.0. The zero-order valence-corrected chi connectivity index (χ0v) is 13.4. The molecule has 0 saturated heterocycles. The van der Waals surface area contributed by atoms with Gasteiger partial charge in [0.2, 0.25) is 0 Å². The summed E-state index contributed by atoms with van der Waals surface area (Å²) in [6, 6.07) is 10.0. The maximum atomic E-state index is 11.6. The van der Waals surface area contributed by atoms with Crippen LogP contribution in [0.4, 0.5) is 5.69 Å². The lowest BCUT2D eigenvalue weighted by Gasteiger charge is -2.10. The summed E-state index contributed by atoms with van der Waals surface area (Å²) in [4.78, 5) is 12.1. The van der Waals surface area contributed by atoms with E-state index in [4.69, 9.17) is 17.0 Å². The first kappa shape index (κ1) is 15.5. The van der Waals surface area contributed by atoms with Crippen LogP contribution in [0.15, 0.2) is 35.7 Å². The summed E-state index contributed by atoms with van der Waals surface area (Å²) < 4.78 is 4.73. The molecule has 0 radical (unpaired) electrons. The largest absolute Gasteiger partial charge is 0.465 e. The van der Waals surface area contributed by atoms with E-state index >= 15 is 0 Å². The molecule has 0 unspecified atom stereocenters. The molecule has 0 aliphatic carbocycles. The van der Waals surface area contributed by atoms with Crippen LogP contribution in [-0.2, 0) is 11.3 Å². The first-order valence-electron chi connectivity index (χ1n) is 6.36. The van der Waals surface area contributed by atoms with Gasteiger partial charge in [0, 0.05) is 6.54 Å². The van der Waals surface area contributed by atoms with Gasteiger partial charge < -0.3 is 15.4 Å². The lowest BCUT2D eigenvalue weighted by molar-refractivity contribution is 0.0607. The first-order valence-corrected chi connectivity index (χ1v) is 7.65. The summed E-state index contributed by atoms with van der Waals surface area (Å²) in [6.45, 7) is 2.68. The van der Waals surface area contributed by atoms with Gasteiger partial charge in [0.15, 0.2) is 5.11 Å². The van der Waals surface area contributed by atoms with E-state index in [0.29, 0.717) is 22.2 Å². The molecule has 2 N–H and O–H groups in total. The van der Waals surface area contributed by atoms with Crippen molar-refractivity contribution in [2.24, 2.45) is 0 Å². The van der Waals surface area contributed by atoms with E-state index in [9.17, 15) is 4.79 Å². The molecule has 21 heavy (non-hydrogen) atoms. The number of aryl methyl sites for hydroxylation is 1. The standard InChI is InChI=1S/C15H16N2O2S2/c1-10-3-5-11(6-4-10)9-16-15(20)17-12-7-8-21-13(12)14(18)19-2/h3-8H,9H2,1-2H3,(H2,16,17,20). The third-order valence-corrected chi connectivity index (χ3v) is 4.00. The second kappa shape index (κ2) is 7.19. The maximum Gasteiger partial charge on any atom is 0.350 e. The molecule has 2 aromatic rings. The molecule has 6 heteroatoms. The van der Waals surface area contributed by atoms with E-state index < -0.39 is 0 Å². The summed E-state index contributed by atoms with van der Waals surface area (Å²) in [5, 5.41) is 8.42. The lowest BCUT2D eigenvalue weighted by atomic mass is 10.1. The van der Waals surface area contributed by atoms with Crippen LogP contribution in [0.3, 0.4) is 0 Å². The fourth-order valence-electron chi connectivity index (χ4n) is 1.71. The van der Waals surface area contributed by atoms with E-state index in [2.05, 4.69) is 34.9 Å². The molecule has 0 fully saturated rings. The van der Waals surface area contributed by atoms with Crippen molar-refractivity contribution < 1.29 is 9.53 Å². The van der Waals surface area contributed by atoms with Gasteiger partial charge in [-0.15, -0.1) is 11.3 Å². The van der Waals surface area contributed by atoms with Crippen LogP contribution in [0.2, 0.25) is 0 Å². The Labute approximate surface area is 133 Å². The molecule has 2 rings (SSSR count). The smallest absolute Gasteiger partial charge is 0.350 e. The molecular weight excluding hydrogens is 304 g/mol. The monoisotopic (exact) mass is 320 g/mol. The van der Waals surface area contributed by atoms with Gasteiger partial charge in [-0.25, -0.2) is 4.79 Å². The predicted octanol–water partition coefficient (Wildman–Crippen LogP) is 3.33. The van der Waals surface area contributed by atoms with Gasteiger partial charge in [-0.3, -0.25) is 0 Å². The molecule has 0 spiro atoms. The Morgan fingerprint density at radius 2 is 2.00 bits per heavy atom. The Morgan fingerprint density at radius 3 is 2.67 bits per heavy atom. The van der Waals surface area contributed by atoms with Gasteiger partial charge in [0.1, 0.15) is 4.88 Å². The fraction of sp³-hybridized carbons (Fsp3) is 0.200. The number of carbonyl (C=O) groups excluding carboxylic acids is 1. The summed E-state index contributed by atoms with van der Waals surface area (Å²) >= 11 is 6.56. The summed E-state index contributed by atoms with van der Waals surface area (Å²) in [5.74, 6) is -0.367. The second-order valence-corrected chi connectivity index (χ2v) is 5.77. The Balaban J connectivity index is 1.92. The van der Waals surface area contributed by atoms with Crippen molar-refractivity contribution in [2.45, 2.75) is 13.5 Å². The minimum Gasteiger partial charge on any atom is -0.465 e. The molecule has 0 aliphatic heterocycles. The van der Waals surface area contributed by atoms with Gasteiger partial charge in [-0.2, -0.15) is 0 Å². The molecule has 0 amide bonds. The number of ether oxygens (including phenoxy) is 1. The Bertz CT molecular complexity index is 635. The first-order chi connectivity index (χ1) is 10.1. The van der Waals surface area contributed by atoms with Crippen LogP contribution in [-0.4, -0.2) is 18.2 Å². The Hall–Kier alpha value is -1.92.